The van der Waals surface area contributed by atoms with Crippen molar-refractivity contribution in [2.24, 2.45) is 11.8 Å². The van der Waals surface area contributed by atoms with Crippen molar-refractivity contribution >= 4 is 55.6 Å². The Morgan fingerprint density at radius 3 is 1.93 bits per heavy atom. The summed E-state index contributed by atoms with van der Waals surface area (Å²) in [7, 11) is 5.11. The number of hydrogen-bond acceptors (Lipinski definition) is 4. The maximum absolute atomic E-state index is 9.75. The van der Waals surface area contributed by atoms with Crippen molar-refractivity contribution < 1.29 is 53.6 Å². The van der Waals surface area contributed by atoms with E-state index < -0.39 is 0 Å². The van der Waals surface area contributed by atoms with E-state index in [-0.39, 0.29) is 61.6 Å². The number of hydrogen-bond donors (Lipinski definition) is 2. The molecule has 0 amide bonds. The zero-order valence-corrected chi connectivity index (χ0v) is 25.1. The molecule has 3 rings (SSSR count). The molecule has 2 N–H and O–H groups in total. The number of benzene rings is 2. The minimum Gasteiger partial charge on any atom is -0.388 e. The molecule has 0 heterocycles. The van der Waals surface area contributed by atoms with Crippen LogP contribution in [0, 0.1) is 11.8 Å². The summed E-state index contributed by atoms with van der Waals surface area (Å²) in [5.41, 5.74) is 3.40. The SMILES string of the molecule is CC(C)C(O)c1ccccc1Br.CC1Cc2ccccc2C1O.P=S.P=S.[Ti].[Ti]. The quantitative estimate of drug-likeness (QED) is 0.317. The second kappa shape index (κ2) is 20.0. The van der Waals surface area contributed by atoms with Crippen LogP contribution in [-0.4, -0.2) is 10.2 Å². The van der Waals surface area contributed by atoms with Crippen LogP contribution in [0.25, 0.3) is 0 Å². The van der Waals surface area contributed by atoms with Gasteiger partial charge in [-0.05, 0) is 57.0 Å². The fourth-order valence-corrected chi connectivity index (χ4v) is 3.37. The van der Waals surface area contributed by atoms with Crippen molar-refractivity contribution in [2.75, 3.05) is 0 Å². The summed E-state index contributed by atoms with van der Waals surface area (Å²) in [4.78, 5) is 0. The van der Waals surface area contributed by atoms with E-state index in [9.17, 15) is 10.2 Å². The van der Waals surface area contributed by atoms with Gasteiger partial charge in [0, 0.05) is 47.9 Å². The molecule has 0 spiro atoms. The second-order valence-corrected chi connectivity index (χ2v) is 7.39. The summed E-state index contributed by atoms with van der Waals surface area (Å²) < 4.78 is 0.978. The average Bonchev–Trinajstić information content (AvgIpc) is 2.99. The third-order valence-electron chi connectivity index (χ3n) is 4.31. The summed E-state index contributed by atoms with van der Waals surface area (Å²) >= 11 is 11.2. The Morgan fingerprint density at radius 1 is 0.966 bits per heavy atom. The topological polar surface area (TPSA) is 40.5 Å². The average molecular weight is 601 g/mol. The van der Waals surface area contributed by atoms with Gasteiger partial charge in [-0.1, -0.05) is 103 Å². The first-order chi connectivity index (χ1) is 12.9. The number of rotatable bonds is 2. The molecule has 1 aliphatic carbocycles. The Balaban J connectivity index is -0.000000376. The molecule has 0 aromatic heterocycles. The van der Waals surface area contributed by atoms with Gasteiger partial charge >= 0.3 is 0 Å². The zero-order chi connectivity index (χ0) is 21.0. The predicted octanol–water partition coefficient (Wildman–Crippen LogP) is 6.23. The molecule has 2 aromatic carbocycles. The van der Waals surface area contributed by atoms with Crippen LogP contribution in [0.1, 0.15) is 49.7 Å². The first-order valence-corrected chi connectivity index (χ1v) is 12.6. The van der Waals surface area contributed by atoms with E-state index in [1.165, 1.54) is 5.56 Å². The summed E-state index contributed by atoms with van der Waals surface area (Å²) in [6.45, 7) is 6.10. The van der Waals surface area contributed by atoms with Gasteiger partial charge in [0.05, 0.1) is 12.2 Å². The van der Waals surface area contributed by atoms with Gasteiger partial charge in [-0.2, -0.15) is 0 Å². The van der Waals surface area contributed by atoms with Gasteiger partial charge in [0.15, 0.2) is 0 Å². The molecular weight excluding hydrogens is 574 g/mol. The molecule has 0 saturated carbocycles. The van der Waals surface area contributed by atoms with E-state index in [0.717, 1.165) is 22.0 Å². The van der Waals surface area contributed by atoms with Gasteiger partial charge in [-0.25, -0.2) is 0 Å². The molecule has 2 nitrogen and oxygen atoms in total. The van der Waals surface area contributed by atoms with Crippen LogP contribution in [0.4, 0.5) is 0 Å². The molecule has 2 aromatic rings. The molecule has 0 radical (unpaired) electrons. The van der Waals surface area contributed by atoms with Gasteiger partial charge in [0.1, 0.15) is 0 Å². The molecule has 156 valence electrons. The van der Waals surface area contributed by atoms with E-state index in [1.54, 1.807) is 0 Å². The van der Waals surface area contributed by atoms with Crippen LogP contribution >= 0.6 is 32.0 Å². The van der Waals surface area contributed by atoms with Crippen molar-refractivity contribution in [2.45, 2.75) is 39.4 Å². The maximum Gasteiger partial charge on any atom is 0.0823 e. The smallest absolute Gasteiger partial charge is 0.0823 e. The van der Waals surface area contributed by atoms with Crippen LogP contribution < -0.4 is 0 Å². The zero-order valence-electron chi connectivity index (χ0n) is 16.7. The molecule has 1 aliphatic rings. The monoisotopic (exact) mass is 600 g/mol. The van der Waals surface area contributed by atoms with E-state index in [1.807, 2.05) is 56.3 Å². The van der Waals surface area contributed by atoms with Crippen molar-refractivity contribution in [3.63, 3.8) is 0 Å². The van der Waals surface area contributed by atoms with Crippen molar-refractivity contribution in [1.29, 1.82) is 0 Å². The van der Waals surface area contributed by atoms with Gasteiger partial charge in [0.2, 0.25) is 0 Å². The predicted molar refractivity (Wildman–Crippen MR) is 130 cm³/mol. The van der Waals surface area contributed by atoms with Crippen LogP contribution in [-0.2, 0) is 73.5 Å². The summed E-state index contributed by atoms with van der Waals surface area (Å²) in [5, 5.41) is 19.4. The number of fused-ring (bicyclic) bond motifs is 1. The normalized spacial score (nSPS) is 16.7. The molecule has 3 atom stereocenters. The van der Waals surface area contributed by atoms with Crippen LogP contribution in [0.2, 0.25) is 0 Å². The van der Waals surface area contributed by atoms with E-state index >= 15 is 0 Å². The van der Waals surface area contributed by atoms with Crippen LogP contribution in [0.5, 0.6) is 0 Å². The minimum absolute atomic E-state index is 0. The molecule has 0 fully saturated rings. The van der Waals surface area contributed by atoms with E-state index in [4.69, 9.17) is 0 Å². The molecule has 29 heavy (non-hydrogen) atoms. The molecule has 0 aliphatic heterocycles. The molecule has 0 bridgehead atoms. The van der Waals surface area contributed by atoms with Crippen molar-refractivity contribution in [3.8, 4) is 0 Å². The molecule has 9 heteroatoms. The van der Waals surface area contributed by atoms with Crippen molar-refractivity contribution in [1.82, 2.24) is 0 Å². The Morgan fingerprint density at radius 2 is 1.45 bits per heavy atom. The fraction of sp³-hybridized carbons (Fsp3) is 0.400. The molecule has 3 unspecified atom stereocenters. The summed E-state index contributed by atoms with van der Waals surface area (Å²) in [6, 6.07) is 15.9. The molecule has 0 saturated heterocycles. The number of halogens is 1. The Bertz CT molecular complexity index is 697. The van der Waals surface area contributed by atoms with Gasteiger partial charge in [-0.3, -0.25) is 0 Å². The van der Waals surface area contributed by atoms with Crippen LogP contribution in [0.15, 0.2) is 53.0 Å². The van der Waals surface area contributed by atoms with Crippen molar-refractivity contribution in [3.05, 3.63) is 69.7 Å². The molecular formula is C20H27BrO2P2S2Ti2. The van der Waals surface area contributed by atoms with E-state index in [0.29, 0.717) is 5.92 Å². The number of aliphatic hydroxyl groups is 2. The second-order valence-electron chi connectivity index (χ2n) is 6.54. The Hall–Kier alpha value is 1.31. The Labute approximate surface area is 228 Å². The first-order valence-electron chi connectivity index (χ1n) is 8.51. The van der Waals surface area contributed by atoms with Gasteiger partial charge in [-0.15, -0.1) is 0 Å². The van der Waals surface area contributed by atoms with Gasteiger partial charge < -0.3 is 10.2 Å². The van der Waals surface area contributed by atoms with Gasteiger partial charge in [0.25, 0.3) is 0 Å². The third-order valence-corrected chi connectivity index (χ3v) is 5.03. The summed E-state index contributed by atoms with van der Waals surface area (Å²) in [6.07, 6.45) is 0.420. The largest absolute Gasteiger partial charge is 0.388 e. The first kappa shape index (κ1) is 34.9. The minimum atomic E-state index is -0.374. The van der Waals surface area contributed by atoms with Crippen LogP contribution in [0.3, 0.4) is 0 Å². The Kier molecular flexibility index (Phi) is 24.0. The number of aliphatic hydroxyl groups excluding tert-OH is 2. The van der Waals surface area contributed by atoms with E-state index in [2.05, 4.69) is 68.6 Å². The standard InChI is InChI=1S/C10H13BrO.C10H12O.2HPS.2Ti/c1-7(2)10(12)8-5-3-4-6-9(8)11;1-7-6-8-4-2-3-5-9(8)10(7)11;2*1-2;;/h3-7,10,12H,1-2H3;2-5,7,10-11H,6H2,1H3;2*1H;;. The summed E-state index contributed by atoms with van der Waals surface area (Å²) in [5.74, 6) is 0.649. The maximum atomic E-state index is 9.75. The fourth-order valence-electron chi connectivity index (χ4n) is 2.85. The third kappa shape index (κ3) is 11.7.